The zero-order chi connectivity index (χ0) is 15.8. The average molecular weight is 311 g/mol. The van der Waals surface area contributed by atoms with E-state index < -0.39 is 0 Å². The normalized spacial score (nSPS) is 25.5. The summed E-state index contributed by atoms with van der Waals surface area (Å²) in [6.07, 6.45) is 6.68. The van der Waals surface area contributed by atoms with Gasteiger partial charge in [0.05, 0.1) is 7.11 Å². The molecular weight excluding hydrogens is 290 g/mol. The maximum atomic E-state index is 12.5. The van der Waals surface area contributed by atoms with E-state index in [-0.39, 0.29) is 17.9 Å². The van der Waals surface area contributed by atoms with Crippen molar-refractivity contribution >= 4 is 5.91 Å². The van der Waals surface area contributed by atoms with E-state index in [9.17, 15) is 4.79 Å². The molecule has 2 aliphatic rings. The second-order valence-electron chi connectivity index (χ2n) is 6.46. The van der Waals surface area contributed by atoms with Gasteiger partial charge in [0.1, 0.15) is 11.6 Å². The summed E-state index contributed by atoms with van der Waals surface area (Å²) in [5, 5.41) is 3.22. The summed E-state index contributed by atoms with van der Waals surface area (Å²) >= 11 is 0. The van der Waals surface area contributed by atoms with Gasteiger partial charge in [0.2, 0.25) is 5.91 Å². The fraction of sp³-hybridized carbons (Fsp3) is 0.444. The Morgan fingerprint density at radius 2 is 2.17 bits per heavy atom. The molecule has 2 heterocycles. The van der Waals surface area contributed by atoms with Crippen LogP contribution < -0.4 is 10.1 Å². The molecule has 23 heavy (non-hydrogen) atoms. The van der Waals surface area contributed by atoms with E-state index in [1.807, 2.05) is 24.5 Å². The lowest BCUT2D eigenvalue weighted by atomic mass is 10.1. The molecule has 2 aromatic rings. The van der Waals surface area contributed by atoms with Crippen LogP contribution in [0.15, 0.2) is 36.7 Å². The maximum Gasteiger partial charge on any atom is 0.224 e. The van der Waals surface area contributed by atoms with Crippen LogP contribution >= 0.6 is 0 Å². The van der Waals surface area contributed by atoms with Crippen molar-refractivity contribution in [3.05, 3.63) is 48.0 Å². The van der Waals surface area contributed by atoms with Gasteiger partial charge in [0.25, 0.3) is 0 Å². The Morgan fingerprint density at radius 1 is 1.35 bits per heavy atom. The van der Waals surface area contributed by atoms with Crippen molar-refractivity contribution in [2.75, 3.05) is 7.11 Å². The molecule has 1 aliphatic carbocycles. The highest BCUT2D eigenvalue weighted by Crippen LogP contribution is 2.47. The second-order valence-corrected chi connectivity index (χ2v) is 6.46. The number of aryl methyl sites for hydroxylation is 1. The molecule has 0 saturated heterocycles. The highest BCUT2D eigenvalue weighted by molar-refractivity contribution is 5.83. The summed E-state index contributed by atoms with van der Waals surface area (Å²) in [6.45, 7) is 0.834. The average Bonchev–Trinajstić information content (AvgIpc) is 3.25. The van der Waals surface area contributed by atoms with E-state index in [1.54, 1.807) is 7.11 Å². The maximum absolute atomic E-state index is 12.5. The number of nitrogens with zero attached hydrogens (tertiary/aromatic N) is 2. The molecule has 0 spiro atoms. The van der Waals surface area contributed by atoms with E-state index >= 15 is 0 Å². The van der Waals surface area contributed by atoms with E-state index in [0.29, 0.717) is 5.92 Å². The molecule has 5 nitrogen and oxygen atoms in total. The topological polar surface area (TPSA) is 56.1 Å². The molecule has 1 fully saturated rings. The zero-order valence-electron chi connectivity index (χ0n) is 13.2. The smallest absolute Gasteiger partial charge is 0.224 e. The molecule has 1 saturated carbocycles. The molecular formula is C18H21N3O2. The summed E-state index contributed by atoms with van der Waals surface area (Å²) in [5.41, 5.74) is 1.23. The van der Waals surface area contributed by atoms with Crippen LogP contribution in [-0.4, -0.2) is 28.6 Å². The third-order valence-electron chi connectivity index (χ3n) is 4.95. The number of imidazole rings is 1. The molecule has 5 heteroatoms. The van der Waals surface area contributed by atoms with Gasteiger partial charge in [-0.05, 0) is 36.5 Å². The van der Waals surface area contributed by atoms with Gasteiger partial charge in [-0.2, -0.15) is 0 Å². The fourth-order valence-electron chi connectivity index (χ4n) is 3.50. The van der Waals surface area contributed by atoms with Gasteiger partial charge in [-0.1, -0.05) is 12.1 Å². The van der Waals surface area contributed by atoms with Gasteiger partial charge >= 0.3 is 0 Å². The lowest BCUT2D eigenvalue weighted by molar-refractivity contribution is -0.123. The fourth-order valence-corrected chi connectivity index (χ4v) is 3.50. The van der Waals surface area contributed by atoms with Crippen LogP contribution in [0, 0.1) is 5.92 Å². The lowest BCUT2D eigenvalue weighted by Gasteiger charge is -2.24. The monoisotopic (exact) mass is 311 g/mol. The Balaban J connectivity index is 1.34. The third kappa shape index (κ3) is 2.83. The van der Waals surface area contributed by atoms with Crippen LogP contribution in [0.4, 0.5) is 0 Å². The molecule has 4 rings (SSSR count). The highest BCUT2D eigenvalue weighted by Gasteiger charge is 2.44. The van der Waals surface area contributed by atoms with E-state index in [4.69, 9.17) is 4.74 Å². The molecule has 0 unspecified atom stereocenters. The van der Waals surface area contributed by atoms with Gasteiger partial charge in [-0.3, -0.25) is 4.79 Å². The first-order valence-corrected chi connectivity index (χ1v) is 8.19. The number of hydrogen-bond donors (Lipinski definition) is 1. The SMILES string of the molecule is COc1ccc([C@@H]2C[C@H]2C(=O)N[C@H]2CCc3nccn3C2)cc1. The van der Waals surface area contributed by atoms with E-state index in [0.717, 1.165) is 37.4 Å². The third-order valence-corrected chi connectivity index (χ3v) is 4.95. The van der Waals surface area contributed by atoms with Crippen molar-refractivity contribution in [2.45, 2.75) is 37.8 Å². The second kappa shape index (κ2) is 5.72. The van der Waals surface area contributed by atoms with Gasteiger partial charge in [0, 0.05) is 37.3 Å². The number of fused-ring (bicyclic) bond motifs is 1. The number of nitrogens with one attached hydrogen (secondary N) is 1. The molecule has 1 N–H and O–H groups in total. The number of aromatic nitrogens is 2. The number of rotatable bonds is 4. The van der Waals surface area contributed by atoms with Crippen molar-refractivity contribution in [2.24, 2.45) is 5.92 Å². The van der Waals surface area contributed by atoms with Gasteiger partial charge in [-0.25, -0.2) is 4.98 Å². The number of methoxy groups -OCH3 is 1. The van der Waals surface area contributed by atoms with Crippen LogP contribution in [0.1, 0.15) is 30.1 Å². The standard InChI is InChI=1S/C18H21N3O2/c1-23-14-5-2-12(3-6-14)15-10-16(15)18(22)20-13-4-7-17-19-8-9-21(17)11-13/h2-3,5-6,8-9,13,15-16H,4,7,10-11H2,1H3,(H,20,22)/t13-,15-,16+/m0/s1. The first-order chi connectivity index (χ1) is 11.2. The Labute approximate surface area is 135 Å². The summed E-state index contributed by atoms with van der Waals surface area (Å²) in [4.78, 5) is 16.8. The molecule has 1 amide bonds. The van der Waals surface area contributed by atoms with Crippen LogP contribution in [-0.2, 0) is 17.8 Å². The Morgan fingerprint density at radius 3 is 2.96 bits per heavy atom. The van der Waals surface area contributed by atoms with Gasteiger partial charge in [-0.15, -0.1) is 0 Å². The Kier molecular flexibility index (Phi) is 3.56. The molecule has 0 radical (unpaired) electrons. The zero-order valence-corrected chi connectivity index (χ0v) is 13.2. The van der Waals surface area contributed by atoms with Crippen LogP contribution in [0.5, 0.6) is 5.75 Å². The minimum absolute atomic E-state index is 0.118. The summed E-state index contributed by atoms with van der Waals surface area (Å²) in [6, 6.07) is 8.28. The first-order valence-electron chi connectivity index (χ1n) is 8.19. The van der Waals surface area contributed by atoms with E-state index in [2.05, 4.69) is 27.0 Å². The van der Waals surface area contributed by atoms with E-state index in [1.165, 1.54) is 5.56 Å². The molecule has 120 valence electrons. The van der Waals surface area contributed by atoms with Gasteiger partial charge in [0.15, 0.2) is 0 Å². The van der Waals surface area contributed by atoms with Crippen molar-refractivity contribution in [3.63, 3.8) is 0 Å². The minimum atomic E-state index is 0.118. The summed E-state index contributed by atoms with van der Waals surface area (Å²) in [5.74, 6) is 2.65. The lowest BCUT2D eigenvalue weighted by Crippen LogP contribution is -2.41. The molecule has 3 atom stereocenters. The quantitative estimate of drug-likeness (QED) is 0.941. The number of carbonyl (C=O) groups excluding carboxylic acids is 1. The summed E-state index contributed by atoms with van der Waals surface area (Å²) < 4.78 is 7.32. The number of hydrogen-bond acceptors (Lipinski definition) is 3. The summed E-state index contributed by atoms with van der Waals surface area (Å²) in [7, 11) is 1.66. The minimum Gasteiger partial charge on any atom is -0.497 e. The number of carbonyl (C=O) groups is 1. The van der Waals surface area contributed by atoms with Crippen molar-refractivity contribution in [1.29, 1.82) is 0 Å². The van der Waals surface area contributed by atoms with Crippen molar-refractivity contribution in [1.82, 2.24) is 14.9 Å². The predicted octanol–water partition coefficient (Wildman–Crippen LogP) is 2.13. The largest absolute Gasteiger partial charge is 0.497 e. The van der Waals surface area contributed by atoms with Crippen LogP contribution in [0.2, 0.25) is 0 Å². The number of ether oxygens (including phenoxy) is 1. The molecule has 0 bridgehead atoms. The van der Waals surface area contributed by atoms with Crippen LogP contribution in [0.25, 0.3) is 0 Å². The number of amides is 1. The first kappa shape index (κ1) is 14.3. The predicted molar refractivity (Wildman–Crippen MR) is 86.3 cm³/mol. The molecule has 1 aliphatic heterocycles. The van der Waals surface area contributed by atoms with Crippen molar-refractivity contribution < 1.29 is 9.53 Å². The Hall–Kier alpha value is -2.30. The van der Waals surface area contributed by atoms with Crippen molar-refractivity contribution in [3.8, 4) is 5.75 Å². The Bertz CT molecular complexity index is 707. The highest BCUT2D eigenvalue weighted by atomic mass is 16.5. The number of benzene rings is 1. The van der Waals surface area contributed by atoms with Crippen LogP contribution in [0.3, 0.4) is 0 Å². The van der Waals surface area contributed by atoms with Gasteiger partial charge < -0.3 is 14.6 Å². The molecule has 1 aromatic heterocycles. The molecule has 1 aromatic carbocycles.